The van der Waals surface area contributed by atoms with Gasteiger partial charge in [0.05, 0.1) is 0 Å². The summed E-state index contributed by atoms with van der Waals surface area (Å²) in [4.78, 5) is 8.56. The van der Waals surface area contributed by atoms with E-state index in [0.717, 1.165) is 0 Å². The van der Waals surface area contributed by atoms with E-state index < -0.39 is 17.5 Å². The fourth-order valence-corrected chi connectivity index (χ4v) is 0. The molecule has 0 unspecified atom stereocenters. The normalized spacial score (nSPS) is 6.56. The Kier molecular flexibility index (Phi) is 18.7. The standard InChI is InChI=1S/CH2O3.H2O3S.S/c2-1(3)4;1-4(2)3;/h(H2,2,3,4);(H2,1,2,3);. The Balaban J connectivity index is -0.0000000720. The number of rotatable bonds is 0. The van der Waals surface area contributed by atoms with Crippen molar-refractivity contribution >= 4 is 31.0 Å². The van der Waals surface area contributed by atoms with E-state index in [4.69, 9.17) is 28.3 Å². The van der Waals surface area contributed by atoms with Crippen LogP contribution in [0.25, 0.3) is 0 Å². The third kappa shape index (κ3) is 2590. The quantitative estimate of drug-likeness (QED) is 0.400. The lowest BCUT2D eigenvalue weighted by molar-refractivity contribution is 0.137. The summed E-state index contributed by atoms with van der Waals surface area (Å²) in [6.45, 7) is 0. The topological polar surface area (TPSA) is 115 Å². The minimum Gasteiger partial charge on any atom is -0.450 e. The summed E-state index contributed by atoms with van der Waals surface area (Å²) in [5, 5.41) is 13.9. The fraction of sp³-hybridized carbons (Fsp3) is 0. The monoisotopic (exact) mass is 176 g/mol. The first kappa shape index (κ1) is 15.9. The van der Waals surface area contributed by atoms with Gasteiger partial charge in [0.2, 0.25) is 0 Å². The maximum atomic E-state index is 8.67. The highest BCUT2D eigenvalue weighted by molar-refractivity contribution is 7.73. The molecule has 0 atom stereocenters. The largest absolute Gasteiger partial charge is 0.503 e. The summed E-state index contributed by atoms with van der Waals surface area (Å²) in [7, 11) is 0. The number of hydrogen-bond donors (Lipinski definition) is 4. The van der Waals surface area contributed by atoms with Gasteiger partial charge in [0.25, 0.3) is 11.4 Å². The Morgan fingerprint density at radius 1 is 1.22 bits per heavy atom. The van der Waals surface area contributed by atoms with Gasteiger partial charge >= 0.3 is 6.16 Å². The smallest absolute Gasteiger partial charge is 0.450 e. The molecular weight excluding hydrogens is 172 g/mol. The highest BCUT2D eigenvalue weighted by atomic mass is 32.2. The summed E-state index contributed by atoms with van der Waals surface area (Å²) in [6.07, 6.45) is -1.83. The van der Waals surface area contributed by atoms with E-state index in [2.05, 4.69) is 0 Å². The Morgan fingerprint density at radius 2 is 1.22 bits per heavy atom. The van der Waals surface area contributed by atoms with Gasteiger partial charge in [-0.3, -0.25) is 9.11 Å². The molecule has 6 nitrogen and oxygen atoms in total. The van der Waals surface area contributed by atoms with Crippen molar-refractivity contribution in [2.45, 2.75) is 0 Å². The number of hydrogen-bond acceptors (Lipinski definition) is 2. The van der Waals surface area contributed by atoms with Crippen LogP contribution in [0.4, 0.5) is 4.79 Å². The average Bonchev–Trinajstić information content (AvgIpc) is 1.25. The van der Waals surface area contributed by atoms with Crippen molar-refractivity contribution < 1.29 is 28.3 Å². The minimum absolute atomic E-state index is 0. The molecule has 0 aromatic carbocycles. The first-order chi connectivity index (χ1) is 3.46. The number of carboxylic acid groups (broad SMARTS) is 2. The fourth-order valence-electron chi connectivity index (χ4n) is 0. The molecule has 0 aliphatic rings. The van der Waals surface area contributed by atoms with Crippen LogP contribution in [0.15, 0.2) is 0 Å². The Labute approximate surface area is 60.1 Å². The van der Waals surface area contributed by atoms with Crippen LogP contribution in [-0.4, -0.2) is 29.7 Å². The summed E-state index contributed by atoms with van der Waals surface area (Å²) >= 11 is -2.61. The molecule has 2 radical (unpaired) electrons. The average molecular weight is 176 g/mol. The van der Waals surface area contributed by atoms with Gasteiger partial charge in [-0.2, -0.15) is 4.21 Å². The van der Waals surface area contributed by atoms with E-state index >= 15 is 0 Å². The van der Waals surface area contributed by atoms with Gasteiger partial charge in [-0.25, -0.2) is 4.79 Å². The third-order valence-electron chi connectivity index (χ3n) is 0. The molecule has 0 amide bonds. The molecule has 0 spiro atoms. The van der Waals surface area contributed by atoms with E-state index in [9.17, 15) is 0 Å². The van der Waals surface area contributed by atoms with E-state index in [1.54, 1.807) is 0 Å². The molecule has 0 rings (SSSR count). The molecule has 0 heterocycles. The van der Waals surface area contributed by atoms with Crippen LogP contribution in [0.1, 0.15) is 0 Å². The van der Waals surface area contributed by atoms with Crippen LogP contribution in [0, 0.1) is 0 Å². The minimum atomic E-state index is -2.61. The highest BCUT2D eigenvalue weighted by Gasteiger charge is 1.70. The van der Waals surface area contributed by atoms with Crippen LogP contribution >= 0.6 is 13.5 Å². The summed E-state index contributed by atoms with van der Waals surface area (Å²) < 4.78 is 22.8. The Morgan fingerprint density at radius 3 is 1.22 bits per heavy atom. The summed E-state index contributed by atoms with van der Waals surface area (Å²) in [5.41, 5.74) is 0. The molecule has 56 valence electrons. The van der Waals surface area contributed by atoms with E-state index in [1.807, 2.05) is 0 Å². The first-order valence-corrected chi connectivity index (χ1v) is 2.25. The zero-order valence-electron chi connectivity index (χ0n) is 3.92. The molecule has 0 saturated carbocycles. The predicted molar refractivity (Wildman–Crippen MR) is 31.6 cm³/mol. The van der Waals surface area contributed by atoms with Crippen molar-refractivity contribution in [3.63, 3.8) is 0 Å². The second kappa shape index (κ2) is 10.6. The molecule has 9 heavy (non-hydrogen) atoms. The molecule has 0 fully saturated rings. The molecule has 4 N–H and O–H groups in total. The van der Waals surface area contributed by atoms with Gasteiger partial charge in [-0.1, -0.05) is 0 Å². The lowest BCUT2D eigenvalue weighted by Gasteiger charge is -1.60. The van der Waals surface area contributed by atoms with Crippen molar-refractivity contribution in [2.24, 2.45) is 0 Å². The van der Waals surface area contributed by atoms with Gasteiger partial charge in [-0.05, 0) is 0 Å². The first-order valence-electron chi connectivity index (χ1n) is 1.18. The number of carbonyl (C=O) groups is 1. The van der Waals surface area contributed by atoms with Gasteiger partial charge in [0, 0.05) is 13.5 Å². The van der Waals surface area contributed by atoms with Crippen molar-refractivity contribution in [3.05, 3.63) is 0 Å². The summed E-state index contributed by atoms with van der Waals surface area (Å²) in [6, 6.07) is 0. The van der Waals surface area contributed by atoms with E-state index in [0.29, 0.717) is 0 Å². The molecule has 0 aliphatic heterocycles. The molecule has 0 aromatic rings. The zero-order valence-corrected chi connectivity index (χ0v) is 5.55. The molecule has 8 heteroatoms. The highest BCUT2D eigenvalue weighted by Crippen LogP contribution is 1.44. The molecule has 0 bridgehead atoms. The molecular formula is CH4O6S2. The zero-order chi connectivity index (χ0) is 7.15. The second-order valence-electron chi connectivity index (χ2n) is 0.513. The maximum absolute atomic E-state index is 8.67. The molecule has 0 aromatic heterocycles. The van der Waals surface area contributed by atoms with Gasteiger partial charge in [-0.15, -0.1) is 0 Å². The van der Waals surface area contributed by atoms with Crippen LogP contribution in [-0.2, 0) is 11.4 Å². The summed E-state index contributed by atoms with van der Waals surface area (Å²) in [5.74, 6) is 0. The maximum Gasteiger partial charge on any atom is 0.503 e. The van der Waals surface area contributed by atoms with E-state index in [1.165, 1.54) is 0 Å². The van der Waals surface area contributed by atoms with Crippen molar-refractivity contribution in [2.75, 3.05) is 0 Å². The lowest BCUT2D eigenvalue weighted by Crippen LogP contribution is -1.81. The van der Waals surface area contributed by atoms with Crippen molar-refractivity contribution in [1.29, 1.82) is 0 Å². The third-order valence-corrected chi connectivity index (χ3v) is 0. The molecule has 0 saturated heterocycles. The second-order valence-corrected chi connectivity index (χ2v) is 0.975. The van der Waals surface area contributed by atoms with E-state index in [-0.39, 0.29) is 13.5 Å². The van der Waals surface area contributed by atoms with Crippen molar-refractivity contribution in [1.82, 2.24) is 0 Å². The van der Waals surface area contributed by atoms with Gasteiger partial charge in [0.1, 0.15) is 0 Å². The van der Waals surface area contributed by atoms with Crippen LogP contribution in [0.3, 0.4) is 0 Å². The van der Waals surface area contributed by atoms with Crippen LogP contribution in [0.5, 0.6) is 0 Å². The van der Waals surface area contributed by atoms with Crippen LogP contribution < -0.4 is 0 Å². The van der Waals surface area contributed by atoms with Crippen LogP contribution in [0.2, 0.25) is 0 Å². The Bertz CT molecular complexity index is 69.1. The SMILES string of the molecule is O=C(O)O.O=S(O)O.[S]. The lowest BCUT2D eigenvalue weighted by atomic mass is 11.5. The predicted octanol–water partition coefficient (Wildman–Crippen LogP) is 0.552. The molecule has 0 aliphatic carbocycles. The van der Waals surface area contributed by atoms with Crippen molar-refractivity contribution in [3.8, 4) is 0 Å². The van der Waals surface area contributed by atoms with Gasteiger partial charge < -0.3 is 10.2 Å². The van der Waals surface area contributed by atoms with Gasteiger partial charge in [0.15, 0.2) is 0 Å². The Hall–Kier alpha value is -0.310.